The van der Waals surface area contributed by atoms with Gasteiger partial charge in [-0.3, -0.25) is 0 Å². The van der Waals surface area contributed by atoms with Gasteiger partial charge in [-0.2, -0.15) is 0 Å². The van der Waals surface area contributed by atoms with Gasteiger partial charge in [0, 0.05) is 29.5 Å². The van der Waals surface area contributed by atoms with Crippen molar-refractivity contribution in [2.45, 2.75) is 31.8 Å². The zero-order chi connectivity index (χ0) is 15.6. The summed E-state index contributed by atoms with van der Waals surface area (Å²) in [6, 6.07) is 7.21. The van der Waals surface area contributed by atoms with E-state index >= 15 is 0 Å². The maximum absolute atomic E-state index is 12.2. The second-order valence-electron chi connectivity index (χ2n) is 5.59. The van der Waals surface area contributed by atoms with Crippen molar-refractivity contribution in [3.05, 3.63) is 53.1 Å². The molecule has 3 rings (SSSR count). The van der Waals surface area contributed by atoms with Crippen LogP contribution in [0.2, 0.25) is 5.02 Å². The van der Waals surface area contributed by atoms with Gasteiger partial charge < -0.3 is 4.57 Å². The Morgan fingerprint density at radius 3 is 2.86 bits per heavy atom. The molecule has 0 fully saturated rings. The van der Waals surface area contributed by atoms with Crippen molar-refractivity contribution < 1.29 is 8.42 Å². The molecule has 1 unspecified atom stereocenters. The molecule has 0 bridgehead atoms. The maximum Gasteiger partial charge on any atom is 0.212 e. The molecule has 1 N–H and O–H groups in total. The van der Waals surface area contributed by atoms with Gasteiger partial charge in [-0.1, -0.05) is 23.7 Å². The van der Waals surface area contributed by atoms with Crippen LogP contribution in [0.5, 0.6) is 0 Å². The summed E-state index contributed by atoms with van der Waals surface area (Å²) in [7, 11) is -3.29. The number of rotatable bonds is 5. The van der Waals surface area contributed by atoms with Crippen LogP contribution in [0.4, 0.5) is 0 Å². The summed E-state index contributed by atoms with van der Waals surface area (Å²) in [6.45, 7) is 0.648. The van der Waals surface area contributed by atoms with E-state index in [0.29, 0.717) is 18.0 Å². The minimum absolute atomic E-state index is 0.0584. The highest BCUT2D eigenvalue weighted by Crippen LogP contribution is 2.15. The standard InChI is InChI=1S/C15H18ClN3O2S/c16-13-3-1-12(2-4-13)7-8-22(20,21)18-14-5-6-15-9-17-11-19(15)10-14/h1-4,9,11,14,18H,5-8,10H2. The Morgan fingerprint density at radius 2 is 2.09 bits per heavy atom. The smallest absolute Gasteiger partial charge is 0.212 e. The van der Waals surface area contributed by atoms with Gasteiger partial charge in [0.05, 0.1) is 12.1 Å². The number of sulfonamides is 1. The molecule has 1 aromatic carbocycles. The number of fused-ring (bicyclic) bond motifs is 1. The van der Waals surface area contributed by atoms with Gasteiger partial charge in [-0.05, 0) is 37.0 Å². The van der Waals surface area contributed by atoms with Gasteiger partial charge in [0.15, 0.2) is 0 Å². The zero-order valence-electron chi connectivity index (χ0n) is 12.1. The molecule has 22 heavy (non-hydrogen) atoms. The van der Waals surface area contributed by atoms with E-state index in [4.69, 9.17) is 11.6 Å². The highest BCUT2D eigenvalue weighted by atomic mass is 35.5. The second kappa shape index (κ2) is 6.40. The summed E-state index contributed by atoms with van der Waals surface area (Å²) < 4.78 is 29.3. The number of aromatic nitrogens is 2. The van der Waals surface area contributed by atoms with Crippen LogP contribution in [0.25, 0.3) is 0 Å². The quantitative estimate of drug-likeness (QED) is 0.906. The lowest BCUT2D eigenvalue weighted by Crippen LogP contribution is -2.41. The number of halogens is 1. The molecular formula is C15H18ClN3O2S. The molecule has 0 radical (unpaired) electrons. The summed E-state index contributed by atoms with van der Waals surface area (Å²) in [5.41, 5.74) is 2.13. The van der Waals surface area contributed by atoms with Gasteiger partial charge >= 0.3 is 0 Å². The Morgan fingerprint density at radius 1 is 1.32 bits per heavy atom. The Bertz CT molecular complexity index is 740. The SMILES string of the molecule is O=S(=O)(CCc1ccc(Cl)cc1)NC1CCc2cncn2C1. The number of nitrogens with one attached hydrogen (secondary N) is 1. The van der Waals surface area contributed by atoms with E-state index in [-0.39, 0.29) is 11.8 Å². The van der Waals surface area contributed by atoms with E-state index in [1.54, 1.807) is 18.5 Å². The first kappa shape index (κ1) is 15.5. The fraction of sp³-hybridized carbons (Fsp3) is 0.400. The van der Waals surface area contributed by atoms with Crippen LogP contribution in [-0.4, -0.2) is 29.8 Å². The molecule has 0 spiro atoms. The predicted molar refractivity (Wildman–Crippen MR) is 86.4 cm³/mol. The van der Waals surface area contributed by atoms with Crippen molar-refractivity contribution in [2.24, 2.45) is 0 Å². The normalized spacial score (nSPS) is 18.1. The van der Waals surface area contributed by atoms with Gasteiger partial charge in [-0.25, -0.2) is 18.1 Å². The second-order valence-corrected chi connectivity index (χ2v) is 7.90. The predicted octanol–water partition coefficient (Wildman–Crippen LogP) is 2.01. The monoisotopic (exact) mass is 339 g/mol. The van der Waals surface area contributed by atoms with Crippen LogP contribution in [0, 0.1) is 0 Å². The largest absolute Gasteiger partial charge is 0.333 e. The van der Waals surface area contributed by atoms with E-state index in [1.807, 2.05) is 22.9 Å². The molecule has 5 nitrogen and oxygen atoms in total. The Hall–Kier alpha value is -1.37. The number of nitrogens with zero attached hydrogens (tertiary/aromatic N) is 2. The van der Waals surface area contributed by atoms with Crippen molar-refractivity contribution in [2.75, 3.05) is 5.75 Å². The van der Waals surface area contributed by atoms with E-state index < -0.39 is 10.0 Å². The van der Waals surface area contributed by atoms with Gasteiger partial charge in [0.25, 0.3) is 0 Å². The van der Waals surface area contributed by atoms with Crippen LogP contribution in [-0.2, 0) is 29.4 Å². The summed E-state index contributed by atoms with van der Waals surface area (Å²) >= 11 is 5.82. The van der Waals surface area contributed by atoms with Crippen molar-refractivity contribution in [1.82, 2.24) is 14.3 Å². The molecule has 7 heteroatoms. The average molecular weight is 340 g/mol. The average Bonchev–Trinajstić information content (AvgIpc) is 2.94. The molecular weight excluding hydrogens is 322 g/mol. The molecule has 2 aromatic rings. The molecule has 118 valence electrons. The lowest BCUT2D eigenvalue weighted by molar-refractivity contribution is 0.426. The molecule has 1 aliphatic rings. The van der Waals surface area contributed by atoms with Crippen LogP contribution in [0.3, 0.4) is 0 Å². The molecule has 1 aromatic heterocycles. The minimum atomic E-state index is -3.29. The van der Waals surface area contributed by atoms with E-state index in [2.05, 4.69) is 9.71 Å². The first-order chi connectivity index (χ1) is 10.5. The van der Waals surface area contributed by atoms with Gasteiger partial charge in [0.1, 0.15) is 0 Å². The molecule has 2 heterocycles. The number of benzene rings is 1. The first-order valence-electron chi connectivity index (χ1n) is 7.25. The van der Waals surface area contributed by atoms with Crippen molar-refractivity contribution in [1.29, 1.82) is 0 Å². The first-order valence-corrected chi connectivity index (χ1v) is 9.28. The zero-order valence-corrected chi connectivity index (χ0v) is 13.6. The van der Waals surface area contributed by atoms with Gasteiger partial charge in [0.2, 0.25) is 10.0 Å². The highest BCUT2D eigenvalue weighted by molar-refractivity contribution is 7.89. The van der Waals surface area contributed by atoms with Crippen LogP contribution in [0.15, 0.2) is 36.8 Å². The molecule has 1 atom stereocenters. The van der Waals surface area contributed by atoms with E-state index in [9.17, 15) is 8.42 Å². The number of hydrogen-bond donors (Lipinski definition) is 1. The number of aryl methyl sites for hydroxylation is 2. The Kier molecular flexibility index (Phi) is 4.52. The maximum atomic E-state index is 12.2. The lowest BCUT2D eigenvalue weighted by Gasteiger charge is -2.24. The van der Waals surface area contributed by atoms with Crippen LogP contribution < -0.4 is 4.72 Å². The topological polar surface area (TPSA) is 64.0 Å². The molecule has 0 saturated heterocycles. The third-order valence-electron chi connectivity index (χ3n) is 3.88. The minimum Gasteiger partial charge on any atom is -0.333 e. The van der Waals surface area contributed by atoms with E-state index in [1.165, 1.54) is 0 Å². The molecule has 0 aliphatic carbocycles. The third-order valence-corrected chi connectivity index (χ3v) is 5.57. The van der Waals surface area contributed by atoms with Crippen LogP contribution >= 0.6 is 11.6 Å². The van der Waals surface area contributed by atoms with Crippen molar-refractivity contribution >= 4 is 21.6 Å². The summed E-state index contributed by atoms with van der Waals surface area (Å²) in [4.78, 5) is 4.09. The van der Waals surface area contributed by atoms with E-state index in [0.717, 1.165) is 24.1 Å². The third kappa shape index (κ3) is 3.88. The van der Waals surface area contributed by atoms with Crippen molar-refractivity contribution in [3.63, 3.8) is 0 Å². The number of hydrogen-bond acceptors (Lipinski definition) is 3. The molecule has 0 saturated carbocycles. The molecule has 0 amide bonds. The Balaban J connectivity index is 1.56. The fourth-order valence-corrected chi connectivity index (χ4v) is 4.13. The number of imidazole rings is 1. The summed E-state index contributed by atoms with van der Waals surface area (Å²) in [5.74, 6) is 0.0852. The molecule has 1 aliphatic heterocycles. The highest BCUT2D eigenvalue weighted by Gasteiger charge is 2.22. The van der Waals surface area contributed by atoms with Crippen molar-refractivity contribution in [3.8, 4) is 0 Å². The summed E-state index contributed by atoms with van der Waals surface area (Å²) in [5, 5.41) is 0.656. The Labute approximate surface area is 135 Å². The summed E-state index contributed by atoms with van der Waals surface area (Å²) in [6.07, 6.45) is 5.74. The van der Waals surface area contributed by atoms with Crippen LogP contribution in [0.1, 0.15) is 17.7 Å². The fourth-order valence-electron chi connectivity index (χ4n) is 2.68. The van der Waals surface area contributed by atoms with Gasteiger partial charge in [-0.15, -0.1) is 0 Å². The lowest BCUT2D eigenvalue weighted by atomic mass is 10.1.